The Kier molecular flexibility index (Phi) is 5.45. The van der Waals surface area contributed by atoms with Crippen LogP contribution in [0.25, 0.3) is 0 Å². The van der Waals surface area contributed by atoms with Crippen molar-refractivity contribution < 1.29 is 22.7 Å². The average molecular weight is 343 g/mol. The van der Waals surface area contributed by atoms with Gasteiger partial charge in [-0.2, -0.15) is 13.2 Å². The van der Waals surface area contributed by atoms with Crippen LogP contribution in [0.15, 0.2) is 24.3 Å². The molecule has 2 rings (SSSR count). The highest BCUT2D eigenvalue weighted by molar-refractivity contribution is 5.88. The van der Waals surface area contributed by atoms with Crippen molar-refractivity contribution in [3.05, 3.63) is 29.8 Å². The normalized spacial score (nSPS) is 16.8. The molecule has 1 aromatic rings. The zero-order chi connectivity index (χ0) is 18.0. The largest absolute Gasteiger partial charge is 0.443 e. The number of carbonyl (C=O) groups excluding carboxylic acids is 1. The fraction of sp³-hybridized carbons (Fsp3) is 0.611. The first-order valence-electron chi connectivity index (χ1n) is 8.27. The summed E-state index contributed by atoms with van der Waals surface area (Å²) in [5.41, 5.74) is -0.932. The van der Waals surface area contributed by atoms with Gasteiger partial charge in [0.25, 0.3) is 0 Å². The Labute approximate surface area is 140 Å². The lowest BCUT2D eigenvalue weighted by atomic mass is 9.94. The lowest BCUT2D eigenvalue weighted by Crippen LogP contribution is -2.44. The van der Waals surface area contributed by atoms with Crippen molar-refractivity contribution in [2.75, 3.05) is 4.90 Å². The number of alkyl halides is 3. The molecule has 0 aliphatic heterocycles. The van der Waals surface area contributed by atoms with Crippen LogP contribution < -0.4 is 4.90 Å². The van der Waals surface area contributed by atoms with Crippen molar-refractivity contribution in [1.82, 2.24) is 0 Å². The number of nitrogens with zero attached hydrogens (tertiary/aromatic N) is 1. The van der Waals surface area contributed by atoms with Gasteiger partial charge in [0.1, 0.15) is 5.60 Å². The summed E-state index contributed by atoms with van der Waals surface area (Å²) in [5.74, 6) is 0. The Morgan fingerprint density at radius 2 is 1.58 bits per heavy atom. The van der Waals surface area contributed by atoms with Gasteiger partial charge in [0, 0.05) is 11.7 Å². The number of rotatable bonds is 2. The fourth-order valence-corrected chi connectivity index (χ4v) is 2.93. The molecular formula is C18H24F3NO2. The molecule has 134 valence electrons. The summed E-state index contributed by atoms with van der Waals surface area (Å²) >= 11 is 0. The zero-order valence-electron chi connectivity index (χ0n) is 14.3. The number of carbonyl (C=O) groups is 1. The van der Waals surface area contributed by atoms with Crippen LogP contribution >= 0.6 is 0 Å². The molecule has 1 fully saturated rings. The van der Waals surface area contributed by atoms with E-state index in [0.717, 1.165) is 44.2 Å². The second-order valence-corrected chi connectivity index (χ2v) is 7.19. The van der Waals surface area contributed by atoms with Crippen LogP contribution in [0.1, 0.15) is 58.4 Å². The summed E-state index contributed by atoms with van der Waals surface area (Å²) in [6.45, 7) is 5.32. The van der Waals surface area contributed by atoms with Gasteiger partial charge >= 0.3 is 12.3 Å². The van der Waals surface area contributed by atoms with E-state index in [2.05, 4.69) is 0 Å². The van der Waals surface area contributed by atoms with Crippen LogP contribution in [0.2, 0.25) is 0 Å². The van der Waals surface area contributed by atoms with Crippen LogP contribution in [0.5, 0.6) is 0 Å². The number of anilines is 1. The van der Waals surface area contributed by atoms with E-state index in [1.165, 1.54) is 17.0 Å². The molecule has 6 heteroatoms. The van der Waals surface area contributed by atoms with E-state index in [-0.39, 0.29) is 6.04 Å². The van der Waals surface area contributed by atoms with Crippen molar-refractivity contribution >= 4 is 11.8 Å². The third-order valence-corrected chi connectivity index (χ3v) is 4.00. The van der Waals surface area contributed by atoms with E-state index >= 15 is 0 Å². The minimum atomic E-state index is -4.39. The molecule has 0 N–H and O–H groups in total. The van der Waals surface area contributed by atoms with Crippen LogP contribution in [-0.2, 0) is 10.9 Å². The number of hydrogen-bond donors (Lipinski definition) is 0. The molecule has 1 amide bonds. The van der Waals surface area contributed by atoms with E-state index in [4.69, 9.17) is 4.74 Å². The summed E-state index contributed by atoms with van der Waals surface area (Å²) in [5, 5.41) is 0. The monoisotopic (exact) mass is 343 g/mol. The Morgan fingerprint density at radius 3 is 2.04 bits per heavy atom. The van der Waals surface area contributed by atoms with Gasteiger partial charge in [-0.25, -0.2) is 4.79 Å². The number of hydrogen-bond acceptors (Lipinski definition) is 2. The van der Waals surface area contributed by atoms with Crippen LogP contribution in [0, 0.1) is 0 Å². The van der Waals surface area contributed by atoms with E-state index in [0.29, 0.717) is 5.69 Å². The lowest BCUT2D eigenvalue weighted by molar-refractivity contribution is -0.137. The molecule has 0 unspecified atom stereocenters. The predicted octanol–water partition coefficient (Wildman–Crippen LogP) is 5.78. The first-order chi connectivity index (χ1) is 11.1. The smallest absolute Gasteiger partial charge is 0.416 e. The second kappa shape index (κ2) is 7.03. The summed E-state index contributed by atoms with van der Waals surface area (Å²) in [4.78, 5) is 14.1. The molecule has 0 radical (unpaired) electrons. The van der Waals surface area contributed by atoms with Crippen molar-refractivity contribution in [3.63, 3.8) is 0 Å². The third kappa shape index (κ3) is 4.89. The maximum atomic E-state index is 12.8. The predicted molar refractivity (Wildman–Crippen MR) is 87.0 cm³/mol. The Hall–Kier alpha value is -1.72. The number of benzene rings is 1. The van der Waals surface area contributed by atoms with Crippen LogP contribution in [0.3, 0.4) is 0 Å². The molecule has 0 heterocycles. The molecule has 0 atom stereocenters. The minimum absolute atomic E-state index is 0.0367. The van der Waals surface area contributed by atoms with Crippen LogP contribution in [0.4, 0.5) is 23.7 Å². The molecule has 0 bridgehead atoms. The highest BCUT2D eigenvalue weighted by Crippen LogP contribution is 2.33. The van der Waals surface area contributed by atoms with Gasteiger partial charge in [-0.1, -0.05) is 19.3 Å². The third-order valence-electron chi connectivity index (χ3n) is 4.00. The van der Waals surface area contributed by atoms with Crippen molar-refractivity contribution in [3.8, 4) is 0 Å². The SMILES string of the molecule is CC(C)(C)OC(=O)N(c1ccc(C(F)(F)F)cc1)C1CCCCC1. The topological polar surface area (TPSA) is 29.5 Å². The highest BCUT2D eigenvalue weighted by atomic mass is 19.4. The molecule has 1 aliphatic carbocycles. The second-order valence-electron chi connectivity index (χ2n) is 7.19. The van der Waals surface area contributed by atoms with Crippen LogP contribution in [-0.4, -0.2) is 17.7 Å². The number of ether oxygens (including phenoxy) is 1. The van der Waals surface area contributed by atoms with Gasteiger partial charge in [-0.05, 0) is 57.9 Å². The average Bonchev–Trinajstić information content (AvgIpc) is 2.46. The molecular weight excluding hydrogens is 319 g/mol. The summed E-state index contributed by atoms with van der Waals surface area (Å²) in [6, 6.07) is 4.68. The van der Waals surface area contributed by atoms with E-state index in [1.807, 2.05) is 0 Å². The highest BCUT2D eigenvalue weighted by Gasteiger charge is 2.33. The standard InChI is InChI=1S/C18H24F3NO2/c1-17(2,3)24-16(23)22(14-7-5-4-6-8-14)15-11-9-13(10-12-15)18(19,20)21/h9-12,14H,4-8H2,1-3H3. The van der Waals surface area contributed by atoms with Gasteiger partial charge in [0.2, 0.25) is 0 Å². The summed E-state index contributed by atoms with van der Waals surface area (Å²) in [6.07, 6.45) is -0.101. The van der Waals surface area contributed by atoms with Gasteiger partial charge < -0.3 is 4.74 Å². The molecule has 0 aromatic heterocycles. The summed E-state index contributed by atoms with van der Waals surface area (Å²) in [7, 11) is 0. The zero-order valence-corrected chi connectivity index (χ0v) is 14.3. The van der Waals surface area contributed by atoms with Gasteiger partial charge in [0.15, 0.2) is 0 Å². The maximum Gasteiger partial charge on any atom is 0.416 e. The molecule has 1 aromatic carbocycles. The molecule has 1 saturated carbocycles. The molecule has 0 saturated heterocycles. The molecule has 3 nitrogen and oxygen atoms in total. The minimum Gasteiger partial charge on any atom is -0.443 e. The van der Waals surface area contributed by atoms with Gasteiger partial charge in [-0.3, -0.25) is 4.90 Å². The molecule has 1 aliphatic rings. The number of amides is 1. The maximum absolute atomic E-state index is 12.8. The molecule has 0 spiro atoms. The van der Waals surface area contributed by atoms with Gasteiger partial charge in [-0.15, -0.1) is 0 Å². The first-order valence-corrected chi connectivity index (χ1v) is 8.27. The van der Waals surface area contributed by atoms with E-state index in [9.17, 15) is 18.0 Å². The Balaban J connectivity index is 2.29. The van der Waals surface area contributed by atoms with Gasteiger partial charge in [0.05, 0.1) is 5.56 Å². The number of halogens is 3. The Bertz CT molecular complexity index is 555. The van der Waals surface area contributed by atoms with E-state index < -0.39 is 23.4 Å². The van der Waals surface area contributed by atoms with Crippen molar-refractivity contribution in [2.45, 2.75) is 70.7 Å². The van der Waals surface area contributed by atoms with E-state index in [1.54, 1.807) is 20.8 Å². The molecule has 24 heavy (non-hydrogen) atoms. The quantitative estimate of drug-likeness (QED) is 0.681. The Morgan fingerprint density at radius 1 is 1.04 bits per heavy atom. The fourth-order valence-electron chi connectivity index (χ4n) is 2.93. The summed E-state index contributed by atoms with van der Waals surface area (Å²) < 4.78 is 43.7. The van der Waals surface area contributed by atoms with Crippen molar-refractivity contribution in [1.29, 1.82) is 0 Å². The van der Waals surface area contributed by atoms with Crippen molar-refractivity contribution in [2.24, 2.45) is 0 Å². The lowest BCUT2D eigenvalue weighted by Gasteiger charge is -2.35. The first kappa shape index (κ1) is 18.6.